The van der Waals surface area contributed by atoms with Crippen molar-refractivity contribution in [1.82, 2.24) is 14.1 Å². The Labute approximate surface area is 456 Å². The number of hydrogen-bond acceptors (Lipinski definition) is 2. The number of pyridine rings is 1. The summed E-state index contributed by atoms with van der Waals surface area (Å²) in [6, 6.07) is 78.4. The highest BCUT2D eigenvalue weighted by Crippen LogP contribution is 2.46. The molecule has 10 aromatic carbocycles. The van der Waals surface area contributed by atoms with Gasteiger partial charge in [0.05, 0.1) is 56.5 Å². The Balaban J connectivity index is 1.21. The third-order valence-electron chi connectivity index (χ3n) is 15.5. The molecule has 0 spiro atoms. The van der Waals surface area contributed by atoms with Crippen LogP contribution in [0.5, 0.6) is 0 Å². The molecule has 0 atom stereocenters. The highest BCUT2D eigenvalue weighted by atomic mass is 15.0. The number of aromatic nitrogens is 3. The first kappa shape index (κ1) is 48.1. The fraction of sp³-hybridized carbons (Fsp3) is 0.108. The SMILES string of the molecule is Cc1cc(C)cc(-c2ccc3c4ccc(-c5cc(C)cc(C)c5)cc4n(-c4cc(C#N)cc(-n5c6cc(-c7cc(C)cc(C)c7)ccc6c6ccc(-c7cc(C)cc(C)c7)cc65)c4-c4cccc(-c5ccccc5)n4)c3c2)c1. The number of benzene rings is 10. The summed E-state index contributed by atoms with van der Waals surface area (Å²) in [5, 5.41) is 16.0. The summed E-state index contributed by atoms with van der Waals surface area (Å²) in [6.45, 7) is 17.4. The lowest BCUT2D eigenvalue weighted by Gasteiger charge is -2.21. The van der Waals surface area contributed by atoms with Crippen molar-refractivity contribution in [1.29, 1.82) is 5.26 Å². The van der Waals surface area contributed by atoms with Gasteiger partial charge in [-0.2, -0.15) is 5.26 Å². The van der Waals surface area contributed by atoms with E-state index in [9.17, 15) is 5.26 Å². The minimum atomic E-state index is 0.541. The molecule has 0 bridgehead atoms. The summed E-state index contributed by atoms with van der Waals surface area (Å²) in [5.41, 5.74) is 28.9. The molecule has 4 nitrogen and oxygen atoms in total. The molecule has 3 heterocycles. The first-order valence-corrected chi connectivity index (χ1v) is 27.0. The molecule has 0 saturated heterocycles. The molecule has 374 valence electrons. The van der Waals surface area contributed by atoms with Gasteiger partial charge in [-0.3, -0.25) is 0 Å². The fourth-order valence-corrected chi connectivity index (χ4v) is 12.5. The highest BCUT2D eigenvalue weighted by Gasteiger charge is 2.26. The number of rotatable bonds is 8. The molecular weight excluding hydrogens is 945 g/mol. The van der Waals surface area contributed by atoms with Gasteiger partial charge in [0, 0.05) is 32.7 Å². The molecule has 13 rings (SSSR count). The lowest BCUT2D eigenvalue weighted by molar-refractivity contribution is 1.12. The lowest BCUT2D eigenvalue weighted by atomic mass is 9.98. The molecule has 0 amide bonds. The molecule has 13 aromatic rings. The van der Waals surface area contributed by atoms with Crippen molar-refractivity contribution in [3.8, 4) is 84.5 Å². The molecule has 0 aliphatic rings. The van der Waals surface area contributed by atoms with E-state index in [2.05, 4.69) is 271 Å². The predicted molar refractivity (Wildman–Crippen MR) is 328 cm³/mol. The van der Waals surface area contributed by atoms with E-state index in [-0.39, 0.29) is 0 Å². The quantitative estimate of drug-likeness (QED) is 0.152. The van der Waals surface area contributed by atoms with Gasteiger partial charge in [-0.1, -0.05) is 202 Å². The van der Waals surface area contributed by atoms with E-state index in [1.54, 1.807) is 0 Å². The van der Waals surface area contributed by atoms with Crippen LogP contribution in [0.3, 0.4) is 0 Å². The molecule has 3 aromatic heterocycles. The van der Waals surface area contributed by atoms with Gasteiger partial charge in [-0.15, -0.1) is 0 Å². The van der Waals surface area contributed by atoms with Crippen molar-refractivity contribution >= 4 is 43.6 Å². The van der Waals surface area contributed by atoms with Crippen LogP contribution in [-0.2, 0) is 0 Å². The third kappa shape index (κ3) is 8.55. The van der Waals surface area contributed by atoms with Gasteiger partial charge >= 0.3 is 0 Å². The third-order valence-corrected chi connectivity index (χ3v) is 15.5. The number of aryl methyl sites for hydroxylation is 8. The van der Waals surface area contributed by atoms with Gasteiger partial charge in [0.1, 0.15) is 0 Å². The zero-order valence-corrected chi connectivity index (χ0v) is 45.4. The maximum Gasteiger partial charge on any atom is 0.0993 e. The smallest absolute Gasteiger partial charge is 0.0993 e. The van der Waals surface area contributed by atoms with Crippen LogP contribution in [0, 0.1) is 66.7 Å². The van der Waals surface area contributed by atoms with E-state index in [4.69, 9.17) is 4.98 Å². The van der Waals surface area contributed by atoms with Gasteiger partial charge in [0.15, 0.2) is 0 Å². The van der Waals surface area contributed by atoms with Gasteiger partial charge in [0.2, 0.25) is 0 Å². The van der Waals surface area contributed by atoms with Crippen molar-refractivity contribution in [3.05, 3.63) is 256 Å². The van der Waals surface area contributed by atoms with Crippen molar-refractivity contribution < 1.29 is 0 Å². The largest absolute Gasteiger partial charge is 0.308 e. The zero-order valence-electron chi connectivity index (χ0n) is 45.4. The lowest BCUT2D eigenvalue weighted by Crippen LogP contribution is -2.06. The first-order chi connectivity index (χ1) is 37.8. The molecule has 0 saturated carbocycles. The van der Waals surface area contributed by atoms with Gasteiger partial charge in [-0.25, -0.2) is 4.98 Å². The van der Waals surface area contributed by atoms with Gasteiger partial charge in [0.25, 0.3) is 0 Å². The average molecular weight is 1000 g/mol. The maximum atomic E-state index is 11.5. The van der Waals surface area contributed by atoms with Gasteiger partial charge in [-0.05, 0) is 148 Å². The highest BCUT2D eigenvalue weighted by molar-refractivity contribution is 6.14. The van der Waals surface area contributed by atoms with Crippen molar-refractivity contribution in [3.63, 3.8) is 0 Å². The van der Waals surface area contributed by atoms with Crippen molar-refractivity contribution in [2.45, 2.75) is 55.4 Å². The minimum absolute atomic E-state index is 0.541. The van der Waals surface area contributed by atoms with E-state index in [0.717, 1.165) is 122 Å². The summed E-state index contributed by atoms with van der Waals surface area (Å²) in [7, 11) is 0. The van der Waals surface area contributed by atoms with Crippen LogP contribution in [0.2, 0.25) is 0 Å². The molecule has 0 aliphatic heterocycles. The number of hydrogen-bond donors (Lipinski definition) is 0. The molecule has 0 fully saturated rings. The molecule has 0 unspecified atom stereocenters. The standard InChI is InChI=1S/C74H58N4/c1-44-25-45(2)30-58(29-44)54-17-21-62-63-22-18-55(59-31-46(3)26-47(4)32-59)40-69(63)77(68(62)39-54)72-37-52(43-75)38-73(74(72)67-16-12-15-66(76-67)53-13-10-9-11-14-53)78-70-41-56(60-33-48(5)27-49(6)34-60)19-23-64(70)65-24-20-57(42-71(65)78)61-35-50(7)28-51(8)36-61/h9-42H,1-8H3. The van der Waals surface area contributed by atoms with Crippen LogP contribution in [0.15, 0.2) is 206 Å². The second-order valence-electron chi connectivity index (χ2n) is 21.9. The van der Waals surface area contributed by atoms with Crippen LogP contribution in [0.1, 0.15) is 50.1 Å². The molecule has 78 heavy (non-hydrogen) atoms. The molecule has 0 N–H and O–H groups in total. The summed E-state index contributed by atoms with van der Waals surface area (Å²) in [5.74, 6) is 0. The Morgan fingerprint density at radius 3 is 0.936 bits per heavy atom. The number of fused-ring (bicyclic) bond motifs is 6. The van der Waals surface area contributed by atoms with E-state index < -0.39 is 0 Å². The Kier molecular flexibility index (Phi) is 11.7. The molecule has 4 heteroatoms. The van der Waals surface area contributed by atoms with E-state index in [1.165, 1.54) is 44.5 Å². The van der Waals surface area contributed by atoms with Crippen molar-refractivity contribution in [2.75, 3.05) is 0 Å². The molecule has 0 aliphatic carbocycles. The van der Waals surface area contributed by atoms with Crippen LogP contribution in [-0.4, -0.2) is 14.1 Å². The first-order valence-electron chi connectivity index (χ1n) is 27.0. The zero-order chi connectivity index (χ0) is 53.5. The Hall–Kier alpha value is -9.56. The van der Waals surface area contributed by atoms with Crippen molar-refractivity contribution in [2.24, 2.45) is 0 Å². The second-order valence-corrected chi connectivity index (χ2v) is 21.9. The minimum Gasteiger partial charge on any atom is -0.308 e. The van der Waals surface area contributed by atoms with Crippen LogP contribution in [0.25, 0.3) is 122 Å². The molecule has 0 radical (unpaired) electrons. The summed E-state index contributed by atoms with van der Waals surface area (Å²) < 4.78 is 4.85. The van der Waals surface area contributed by atoms with E-state index >= 15 is 0 Å². The Bertz CT molecular complexity index is 4110. The number of nitrogens with zero attached hydrogens (tertiary/aromatic N) is 4. The van der Waals surface area contributed by atoms with Gasteiger partial charge < -0.3 is 9.13 Å². The van der Waals surface area contributed by atoms with Crippen LogP contribution in [0.4, 0.5) is 0 Å². The Morgan fingerprint density at radius 1 is 0.295 bits per heavy atom. The monoisotopic (exact) mass is 1000 g/mol. The molecular formula is C74H58N4. The van der Waals surface area contributed by atoms with Crippen LogP contribution >= 0.6 is 0 Å². The summed E-state index contributed by atoms with van der Waals surface area (Å²) >= 11 is 0. The predicted octanol–water partition coefficient (Wildman–Crippen LogP) is 19.6. The van der Waals surface area contributed by atoms with E-state index in [1.807, 2.05) is 6.07 Å². The van der Waals surface area contributed by atoms with E-state index in [0.29, 0.717) is 5.56 Å². The number of nitriles is 1. The topological polar surface area (TPSA) is 46.5 Å². The average Bonchev–Trinajstić information content (AvgIpc) is 4.06. The normalized spacial score (nSPS) is 11.6. The maximum absolute atomic E-state index is 11.5. The summed E-state index contributed by atoms with van der Waals surface area (Å²) in [6.07, 6.45) is 0. The van der Waals surface area contributed by atoms with Crippen LogP contribution < -0.4 is 0 Å². The summed E-state index contributed by atoms with van der Waals surface area (Å²) in [4.78, 5) is 5.66. The fourth-order valence-electron chi connectivity index (χ4n) is 12.5. The Morgan fingerprint density at radius 2 is 0.615 bits per heavy atom. The second kappa shape index (κ2) is 18.9.